The topological polar surface area (TPSA) is 34.4 Å². The van der Waals surface area contributed by atoms with Crippen LogP contribution in [0.3, 0.4) is 0 Å². The maximum Gasteiger partial charge on any atom is 0.169 e. The van der Waals surface area contributed by atoms with Gasteiger partial charge >= 0.3 is 0 Å². The molecule has 0 saturated carbocycles. The third-order valence-corrected chi connectivity index (χ3v) is 4.25. The summed E-state index contributed by atoms with van der Waals surface area (Å²) >= 11 is 9.36. The number of aryl methyl sites for hydroxylation is 1. The summed E-state index contributed by atoms with van der Waals surface area (Å²) in [6.45, 7) is 1.99. The van der Waals surface area contributed by atoms with E-state index in [1.807, 2.05) is 31.3 Å². The Kier molecular flexibility index (Phi) is 3.36. The van der Waals surface area contributed by atoms with Gasteiger partial charge in [0.05, 0.1) is 0 Å². The zero-order valence-corrected chi connectivity index (χ0v) is 12.9. The first-order valence-electron chi connectivity index (χ1n) is 5.99. The predicted molar refractivity (Wildman–Crippen MR) is 83.5 cm³/mol. The van der Waals surface area contributed by atoms with Crippen LogP contribution in [-0.2, 0) is 0 Å². The highest BCUT2D eigenvalue weighted by atomic mass is 79.9. The summed E-state index contributed by atoms with van der Waals surface area (Å²) in [5.74, 6) is 0. The Balaban J connectivity index is 2.30. The first-order valence-corrected chi connectivity index (χ1v) is 7.16. The molecule has 2 aromatic heterocycles. The number of fused-ring (bicyclic) bond motifs is 1. The van der Waals surface area contributed by atoms with E-state index in [1.54, 1.807) is 16.5 Å². The van der Waals surface area contributed by atoms with Crippen LogP contribution in [0.5, 0.6) is 0 Å². The molecule has 3 aromatic rings. The molecule has 3 rings (SSSR count). The monoisotopic (exact) mass is 348 g/mol. The van der Waals surface area contributed by atoms with Gasteiger partial charge in [-0.1, -0.05) is 23.7 Å². The number of benzene rings is 1. The van der Waals surface area contributed by atoms with Crippen LogP contribution in [0.2, 0.25) is 5.02 Å². The van der Waals surface area contributed by atoms with Crippen LogP contribution >= 0.6 is 27.5 Å². The van der Waals surface area contributed by atoms with Gasteiger partial charge in [-0.15, -0.1) is 0 Å². The lowest BCUT2D eigenvalue weighted by molar-refractivity contribution is 0.111. The number of halogens is 2. The SMILES string of the molecule is Cc1cc2nc(-c3ccc(Cl)cc3)c(C=O)n2cc1Br. The first kappa shape index (κ1) is 13.3. The van der Waals surface area contributed by atoms with Gasteiger partial charge in [-0.05, 0) is 46.6 Å². The summed E-state index contributed by atoms with van der Waals surface area (Å²) in [6.07, 6.45) is 2.69. The molecule has 0 unspecified atom stereocenters. The molecule has 0 bridgehead atoms. The molecule has 1 aromatic carbocycles. The van der Waals surface area contributed by atoms with Crippen molar-refractivity contribution >= 4 is 39.5 Å². The van der Waals surface area contributed by atoms with Crippen LogP contribution < -0.4 is 0 Å². The number of imidazole rings is 1. The number of carbonyl (C=O) groups is 1. The van der Waals surface area contributed by atoms with Crippen molar-refractivity contribution in [3.05, 3.63) is 57.3 Å². The van der Waals surface area contributed by atoms with Crippen molar-refractivity contribution in [2.75, 3.05) is 0 Å². The molecule has 0 amide bonds. The summed E-state index contributed by atoms with van der Waals surface area (Å²) in [6, 6.07) is 9.24. The van der Waals surface area contributed by atoms with Crippen LogP contribution in [0.4, 0.5) is 0 Å². The Morgan fingerprint density at radius 2 is 2.00 bits per heavy atom. The average molecular weight is 350 g/mol. The molecule has 0 radical (unpaired) electrons. The van der Waals surface area contributed by atoms with Crippen molar-refractivity contribution in [3.8, 4) is 11.3 Å². The fourth-order valence-electron chi connectivity index (χ4n) is 2.11. The lowest BCUT2D eigenvalue weighted by Gasteiger charge is -2.01. The fourth-order valence-corrected chi connectivity index (χ4v) is 2.56. The highest BCUT2D eigenvalue weighted by Gasteiger charge is 2.14. The zero-order chi connectivity index (χ0) is 14.3. The minimum absolute atomic E-state index is 0.531. The Morgan fingerprint density at radius 3 is 2.65 bits per heavy atom. The quantitative estimate of drug-likeness (QED) is 0.637. The van der Waals surface area contributed by atoms with Gasteiger partial charge in [0.15, 0.2) is 6.29 Å². The largest absolute Gasteiger partial charge is 0.296 e. The molecular weight excluding hydrogens is 340 g/mol. The highest BCUT2D eigenvalue weighted by Crippen LogP contribution is 2.27. The number of carbonyl (C=O) groups excluding carboxylic acids is 1. The third-order valence-electron chi connectivity index (χ3n) is 3.17. The molecule has 100 valence electrons. The van der Waals surface area contributed by atoms with Gasteiger partial charge in [0.25, 0.3) is 0 Å². The molecule has 0 N–H and O–H groups in total. The van der Waals surface area contributed by atoms with E-state index in [0.29, 0.717) is 16.4 Å². The predicted octanol–water partition coefficient (Wildman–Crippen LogP) is 4.54. The number of aromatic nitrogens is 2. The summed E-state index contributed by atoms with van der Waals surface area (Å²) in [5.41, 5.74) is 3.88. The molecule has 0 aliphatic carbocycles. The minimum atomic E-state index is 0.531. The Hall–Kier alpha value is -1.65. The summed E-state index contributed by atoms with van der Waals surface area (Å²) in [5, 5.41) is 0.656. The van der Waals surface area contributed by atoms with Gasteiger partial charge < -0.3 is 0 Å². The average Bonchev–Trinajstić information content (AvgIpc) is 2.78. The Morgan fingerprint density at radius 1 is 1.30 bits per heavy atom. The number of pyridine rings is 1. The molecule has 2 heterocycles. The van der Waals surface area contributed by atoms with E-state index < -0.39 is 0 Å². The van der Waals surface area contributed by atoms with Crippen molar-refractivity contribution in [1.29, 1.82) is 0 Å². The van der Waals surface area contributed by atoms with Gasteiger partial charge in [-0.2, -0.15) is 0 Å². The molecule has 5 heteroatoms. The summed E-state index contributed by atoms with van der Waals surface area (Å²) in [7, 11) is 0. The van der Waals surface area contributed by atoms with Gasteiger partial charge in [0.2, 0.25) is 0 Å². The summed E-state index contributed by atoms with van der Waals surface area (Å²) < 4.78 is 2.72. The zero-order valence-electron chi connectivity index (χ0n) is 10.6. The number of rotatable bonds is 2. The number of hydrogen-bond donors (Lipinski definition) is 0. The van der Waals surface area contributed by atoms with Crippen molar-refractivity contribution < 1.29 is 4.79 Å². The Bertz CT molecular complexity index is 809. The smallest absolute Gasteiger partial charge is 0.169 e. The van der Waals surface area contributed by atoms with E-state index in [-0.39, 0.29) is 0 Å². The molecule has 0 fully saturated rings. The van der Waals surface area contributed by atoms with Crippen LogP contribution in [0.25, 0.3) is 16.9 Å². The fraction of sp³-hybridized carbons (Fsp3) is 0.0667. The second-order valence-electron chi connectivity index (χ2n) is 4.50. The molecule has 20 heavy (non-hydrogen) atoms. The third kappa shape index (κ3) is 2.15. The van der Waals surface area contributed by atoms with E-state index in [2.05, 4.69) is 20.9 Å². The van der Waals surface area contributed by atoms with Gasteiger partial charge in [-0.25, -0.2) is 4.98 Å². The van der Waals surface area contributed by atoms with Crippen molar-refractivity contribution in [1.82, 2.24) is 9.38 Å². The van der Waals surface area contributed by atoms with Gasteiger partial charge in [0.1, 0.15) is 17.0 Å². The Labute approximate surface area is 129 Å². The maximum atomic E-state index is 11.4. The van der Waals surface area contributed by atoms with Crippen LogP contribution in [0.1, 0.15) is 16.1 Å². The molecule has 0 atom stereocenters. The molecule has 0 aliphatic rings. The minimum Gasteiger partial charge on any atom is -0.296 e. The van der Waals surface area contributed by atoms with Gasteiger partial charge in [-0.3, -0.25) is 9.20 Å². The molecule has 0 spiro atoms. The first-order chi connectivity index (χ1) is 9.60. The van der Waals surface area contributed by atoms with E-state index >= 15 is 0 Å². The van der Waals surface area contributed by atoms with E-state index in [1.165, 1.54) is 0 Å². The van der Waals surface area contributed by atoms with Crippen molar-refractivity contribution in [2.24, 2.45) is 0 Å². The lowest BCUT2D eigenvalue weighted by atomic mass is 10.1. The van der Waals surface area contributed by atoms with E-state index in [9.17, 15) is 4.79 Å². The normalized spacial score (nSPS) is 10.9. The number of aldehydes is 1. The number of hydrogen-bond acceptors (Lipinski definition) is 2. The van der Waals surface area contributed by atoms with Crippen LogP contribution in [-0.4, -0.2) is 15.7 Å². The standard InChI is InChI=1S/C15H10BrClN2O/c1-9-6-14-18-15(10-2-4-11(17)5-3-10)13(8-20)19(14)7-12(9)16/h2-8H,1H3. The molecule has 0 aliphatic heterocycles. The van der Waals surface area contributed by atoms with Crippen molar-refractivity contribution in [3.63, 3.8) is 0 Å². The second-order valence-corrected chi connectivity index (χ2v) is 5.79. The molecule has 0 saturated heterocycles. The van der Waals surface area contributed by atoms with Crippen LogP contribution in [0.15, 0.2) is 41.0 Å². The van der Waals surface area contributed by atoms with E-state index in [0.717, 1.165) is 27.5 Å². The van der Waals surface area contributed by atoms with E-state index in [4.69, 9.17) is 11.6 Å². The van der Waals surface area contributed by atoms with Gasteiger partial charge in [0, 0.05) is 21.3 Å². The number of nitrogens with zero attached hydrogens (tertiary/aromatic N) is 2. The maximum absolute atomic E-state index is 11.4. The molecular formula is C15H10BrClN2O. The summed E-state index contributed by atoms with van der Waals surface area (Å²) in [4.78, 5) is 16.0. The molecule has 3 nitrogen and oxygen atoms in total. The van der Waals surface area contributed by atoms with Crippen molar-refractivity contribution in [2.45, 2.75) is 6.92 Å². The lowest BCUT2D eigenvalue weighted by Crippen LogP contribution is -1.93. The second kappa shape index (κ2) is 5.04. The van der Waals surface area contributed by atoms with Crippen LogP contribution in [0, 0.1) is 6.92 Å². The highest BCUT2D eigenvalue weighted by molar-refractivity contribution is 9.10.